The van der Waals surface area contributed by atoms with E-state index in [1.54, 1.807) is 43.3 Å². The lowest BCUT2D eigenvalue weighted by Crippen LogP contribution is -2.41. The molecule has 0 saturated carbocycles. The SMILES string of the molecule is CC(NC(=O)CN1C(=O)c2ccccc2C1=O)c1ccc(S(C)(=O)=O)cc1. The Hall–Kier alpha value is -3.00. The van der Waals surface area contributed by atoms with Gasteiger partial charge in [0.2, 0.25) is 5.91 Å². The summed E-state index contributed by atoms with van der Waals surface area (Å²) in [5.41, 5.74) is 1.29. The minimum atomic E-state index is -3.29. The lowest BCUT2D eigenvalue weighted by molar-refractivity contribution is -0.122. The molecule has 7 nitrogen and oxygen atoms in total. The molecule has 1 aliphatic heterocycles. The number of fused-ring (bicyclic) bond motifs is 1. The molecule has 1 atom stereocenters. The molecule has 1 aliphatic rings. The molecule has 8 heteroatoms. The first-order valence-corrected chi connectivity index (χ1v) is 10.1. The van der Waals surface area contributed by atoms with Gasteiger partial charge in [0.15, 0.2) is 9.84 Å². The molecule has 0 aromatic heterocycles. The van der Waals surface area contributed by atoms with Gasteiger partial charge in [-0.25, -0.2) is 8.42 Å². The molecule has 0 radical (unpaired) electrons. The van der Waals surface area contributed by atoms with Crippen molar-refractivity contribution in [1.82, 2.24) is 10.2 Å². The zero-order valence-electron chi connectivity index (χ0n) is 14.8. The van der Waals surface area contributed by atoms with E-state index in [0.717, 1.165) is 11.2 Å². The van der Waals surface area contributed by atoms with E-state index in [9.17, 15) is 22.8 Å². The highest BCUT2D eigenvalue weighted by atomic mass is 32.2. The molecule has 0 aliphatic carbocycles. The number of hydrogen-bond acceptors (Lipinski definition) is 5. The Morgan fingerprint density at radius 1 is 1.00 bits per heavy atom. The van der Waals surface area contributed by atoms with Gasteiger partial charge in [-0.1, -0.05) is 24.3 Å². The highest BCUT2D eigenvalue weighted by molar-refractivity contribution is 7.90. The average Bonchev–Trinajstić information content (AvgIpc) is 2.86. The second-order valence-electron chi connectivity index (χ2n) is 6.37. The number of nitrogens with zero attached hydrogens (tertiary/aromatic N) is 1. The molecule has 0 saturated heterocycles. The van der Waals surface area contributed by atoms with Crippen LogP contribution in [0.2, 0.25) is 0 Å². The summed E-state index contributed by atoms with van der Waals surface area (Å²) in [5.74, 6) is -1.46. The highest BCUT2D eigenvalue weighted by Gasteiger charge is 2.36. The monoisotopic (exact) mass is 386 g/mol. The molecule has 2 aromatic rings. The number of carbonyl (C=O) groups is 3. The fourth-order valence-corrected chi connectivity index (χ4v) is 3.53. The largest absolute Gasteiger partial charge is 0.348 e. The van der Waals surface area contributed by atoms with Gasteiger partial charge in [0.1, 0.15) is 6.54 Å². The maximum atomic E-state index is 12.3. The standard InChI is InChI=1S/C19H18N2O5S/c1-12(13-7-9-14(10-8-13)27(2,25)26)20-17(22)11-21-18(23)15-5-3-4-6-16(15)19(21)24/h3-10,12H,11H2,1-2H3,(H,20,22). The van der Waals surface area contributed by atoms with E-state index < -0.39 is 33.6 Å². The van der Waals surface area contributed by atoms with Crippen LogP contribution >= 0.6 is 0 Å². The highest BCUT2D eigenvalue weighted by Crippen LogP contribution is 2.22. The summed E-state index contributed by atoms with van der Waals surface area (Å²) in [6.45, 7) is 1.35. The smallest absolute Gasteiger partial charge is 0.262 e. The Bertz CT molecular complexity index is 993. The minimum Gasteiger partial charge on any atom is -0.348 e. The van der Waals surface area contributed by atoms with Gasteiger partial charge >= 0.3 is 0 Å². The molecular weight excluding hydrogens is 368 g/mol. The van der Waals surface area contributed by atoms with Crippen molar-refractivity contribution in [2.24, 2.45) is 0 Å². The molecule has 0 spiro atoms. The van der Waals surface area contributed by atoms with Crippen molar-refractivity contribution in [3.05, 3.63) is 65.2 Å². The lowest BCUT2D eigenvalue weighted by Gasteiger charge is -2.18. The van der Waals surface area contributed by atoms with E-state index in [-0.39, 0.29) is 11.4 Å². The first-order chi connectivity index (χ1) is 12.7. The summed E-state index contributed by atoms with van der Waals surface area (Å²) in [5, 5.41) is 2.71. The second kappa shape index (κ2) is 6.96. The molecule has 140 valence electrons. The summed E-state index contributed by atoms with van der Waals surface area (Å²) in [6.07, 6.45) is 1.12. The van der Waals surface area contributed by atoms with Crippen LogP contribution in [0.15, 0.2) is 53.4 Å². The first-order valence-electron chi connectivity index (χ1n) is 8.23. The Morgan fingerprint density at radius 3 is 2.00 bits per heavy atom. The molecule has 1 heterocycles. The Morgan fingerprint density at radius 2 is 1.52 bits per heavy atom. The van der Waals surface area contributed by atoms with Crippen LogP contribution in [0.4, 0.5) is 0 Å². The Kier molecular flexibility index (Phi) is 4.84. The van der Waals surface area contributed by atoms with Gasteiger partial charge in [-0.05, 0) is 36.8 Å². The van der Waals surface area contributed by atoms with Gasteiger partial charge in [0.25, 0.3) is 11.8 Å². The molecule has 0 bridgehead atoms. The topological polar surface area (TPSA) is 101 Å². The Labute approximate surface area is 156 Å². The molecule has 0 fully saturated rings. The summed E-state index contributed by atoms with van der Waals surface area (Å²) in [4.78, 5) is 38.0. The number of amides is 3. The third-order valence-corrected chi connectivity index (χ3v) is 5.49. The number of carbonyl (C=O) groups excluding carboxylic acids is 3. The van der Waals surface area contributed by atoms with Crippen LogP contribution in [0.5, 0.6) is 0 Å². The van der Waals surface area contributed by atoms with Gasteiger partial charge in [0.05, 0.1) is 22.1 Å². The summed E-state index contributed by atoms with van der Waals surface area (Å²) in [7, 11) is -3.29. The van der Waals surface area contributed by atoms with E-state index in [2.05, 4.69) is 5.32 Å². The molecule has 2 aromatic carbocycles. The molecule has 27 heavy (non-hydrogen) atoms. The maximum absolute atomic E-state index is 12.3. The number of hydrogen-bond donors (Lipinski definition) is 1. The van der Waals surface area contributed by atoms with Gasteiger partial charge in [-0.2, -0.15) is 0 Å². The van der Waals surface area contributed by atoms with Crippen LogP contribution in [0.1, 0.15) is 39.2 Å². The average molecular weight is 386 g/mol. The summed E-state index contributed by atoms with van der Waals surface area (Å²) in [6, 6.07) is 12.2. The fourth-order valence-electron chi connectivity index (χ4n) is 2.90. The number of nitrogens with one attached hydrogen (secondary N) is 1. The van der Waals surface area contributed by atoms with Crippen molar-refractivity contribution < 1.29 is 22.8 Å². The van der Waals surface area contributed by atoms with Crippen LogP contribution in [0.25, 0.3) is 0 Å². The van der Waals surface area contributed by atoms with Gasteiger partial charge in [-0.15, -0.1) is 0 Å². The molecule has 1 N–H and O–H groups in total. The van der Waals surface area contributed by atoms with E-state index in [4.69, 9.17) is 0 Å². The third-order valence-electron chi connectivity index (χ3n) is 4.37. The van der Waals surface area contributed by atoms with Crippen LogP contribution < -0.4 is 5.32 Å². The molecular formula is C19H18N2O5S. The van der Waals surface area contributed by atoms with Crippen molar-refractivity contribution in [1.29, 1.82) is 0 Å². The zero-order valence-corrected chi connectivity index (χ0v) is 15.6. The van der Waals surface area contributed by atoms with E-state index in [0.29, 0.717) is 16.7 Å². The zero-order chi connectivity index (χ0) is 19.8. The van der Waals surface area contributed by atoms with Crippen molar-refractivity contribution in [3.63, 3.8) is 0 Å². The van der Waals surface area contributed by atoms with Crippen molar-refractivity contribution in [3.8, 4) is 0 Å². The predicted octanol–water partition coefficient (Wildman–Crippen LogP) is 1.56. The van der Waals surface area contributed by atoms with Crippen LogP contribution in [-0.2, 0) is 14.6 Å². The van der Waals surface area contributed by atoms with E-state index in [1.165, 1.54) is 12.1 Å². The van der Waals surface area contributed by atoms with Crippen molar-refractivity contribution in [2.45, 2.75) is 17.9 Å². The first kappa shape index (κ1) is 18.8. The Balaban J connectivity index is 1.66. The van der Waals surface area contributed by atoms with Gasteiger partial charge < -0.3 is 5.32 Å². The molecule has 3 rings (SSSR count). The van der Waals surface area contributed by atoms with E-state index >= 15 is 0 Å². The lowest BCUT2D eigenvalue weighted by atomic mass is 10.1. The number of sulfone groups is 1. The fraction of sp³-hybridized carbons (Fsp3) is 0.211. The summed E-state index contributed by atoms with van der Waals surface area (Å²) >= 11 is 0. The quantitative estimate of drug-likeness (QED) is 0.786. The van der Waals surface area contributed by atoms with E-state index in [1.807, 2.05) is 0 Å². The van der Waals surface area contributed by atoms with Crippen molar-refractivity contribution in [2.75, 3.05) is 12.8 Å². The second-order valence-corrected chi connectivity index (χ2v) is 8.39. The van der Waals surface area contributed by atoms with Gasteiger partial charge in [-0.3, -0.25) is 19.3 Å². The number of imide groups is 1. The van der Waals surface area contributed by atoms with Crippen molar-refractivity contribution >= 4 is 27.6 Å². The predicted molar refractivity (Wildman–Crippen MR) is 97.9 cm³/mol. The number of rotatable bonds is 5. The van der Waals surface area contributed by atoms with Crippen LogP contribution in [0.3, 0.4) is 0 Å². The van der Waals surface area contributed by atoms with Crippen LogP contribution in [0, 0.1) is 0 Å². The van der Waals surface area contributed by atoms with Crippen LogP contribution in [-0.4, -0.2) is 43.8 Å². The molecule has 1 unspecified atom stereocenters. The number of benzene rings is 2. The van der Waals surface area contributed by atoms with Gasteiger partial charge in [0, 0.05) is 6.26 Å². The third kappa shape index (κ3) is 3.75. The molecule has 3 amide bonds. The minimum absolute atomic E-state index is 0.191. The maximum Gasteiger partial charge on any atom is 0.262 e. The summed E-state index contributed by atoms with van der Waals surface area (Å²) < 4.78 is 23.0. The normalized spacial score (nSPS) is 14.8.